The van der Waals surface area contributed by atoms with Gasteiger partial charge in [0.05, 0.1) is 0 Å². The first kappa shape index (κ1) is 11.5. The van der Waals surface area contributed by atoms with Crippen molar-refractivity contribution in [3.8, 4) is 0 Å². The molecular formula is C14H12FNO. The number of rotatable bonds is 4. The van der Waals surface area contributed by atoms with Gasteiger partial charge < -0.3 is 0 Å². The van der Waals surface area contributed by atoms with E-state index in [4.69, 9.17) is 0 Å². The number of aryl methyl sites for hydroxylation is 1. The van der Waals surface area contributed by atoms with Crippen LogP contribution in [0.1, 0.15) is 22.3 Å². The maximum absolute atomic E-state index is 12.7. The van der Waals surface area contributed by atoms with E-state index in [-0.39, 0.29) is 11.6 Å². The zero-order valence-corrected chi connectivity index (χ0v) is 9.27. The van der Waals surface area contributed by atoms with Gasteiger partial charge in [-0.3, -0.25) is 9.78 Å². The van der Waals surface area contributed by atoms with Crippen molar-refractivity contribution in [2.24, 2.45) is 0 Å². The second kappa shape index (κ2) is 5.34. The molecule has 0 bridgehead atoms. The molecule has 0 aliphatic heterocycles. The fraction of sp³-hybridized carbons (Fsp3) is 0.143. The number of hydrogen-bond acceptors (Lipinski definition) is 2. The fourth-order valence-corrected chi connectivity index (χ4v) is 1.59. The highest BCUT2D eigenvalue weighted by atomic mass is 19.1. The summed E-state index contributed by atoms with van der Waals surface area (Å²) in [5.41, 5.74) is 1.64. The third-order valence-corrected chi connectivity index (χ3v) is 2.56. The van der Waals surface area contributed by atoms with Gasteiger partial charge in [-0.2, -0.15) is 0 Å². The van der Waals surface area contributed by atoms with Crippen molar-refractivity contribution in [2.45, 2.75) is 12.8 Å². The summed E-state index contributed by atoms with van der Waals surface area (Å²) < 4.78 is 12.7. The Morgan fingerprint density at radius 1 is 1.06 bits per heavy atom. The Bertz CT molecular complexity index is 493. The molecule has 0 saturated carbocycles. The van der Waals surface area contributed by atoms with Gasteiger partial charge in [-0.25, -0.2) is 4.39 Å². The zero-order chi connectivity index (χ0) is 12.1. The number of pyridine rings is 1. The molecule has 0 aliphatic rings. The Kier molecular flexibility index (Phi) is 3.60. The molecule has 0 unspecified atom stereocenters. The Hall–Kier alpha value is -2.03. The van der Waals surface area contributed by atoms with Crippen LogP contribution in [-0.2, 0) is 6.42 Å². The molecule has 0 atom stereocenters. The molecule has 0 amide bonds. The minimum atomic E-state index is -0.323. The SMILES string of the molecule is O=C(CCc1ccncc1)c1ccc(F)cc1. The van der Waals surface area contributed by atoms with Crippen molar-refractivity contribution in [3.63, 3.8) is 0 Å². The molecule has 0 saturated heterocycles. The van der Waals surface area contributed by atoms with Crippen LogP contribution in [0.3, 0.4) is 0 Å². The van der Waals surface area contributed by atoms with E-state index in [1.54, 1.807) is 12.4 Å². The standard InChI is InChI=1S/C14H12FNO/c15-13-4-2-12(3-5-13)14(17)6-1-11-7-9-16-10-8-11/h2-5,7-10H,1,6H2. The predicted octanol–water partition coefficient (Wildman–Crippen LogP) is 3.04. The van der Waals surface area contributed by atoms with Crippen LogP contribution in [0, 0.1) is 5.82 Å². The van der Waals surface area contributed by atoms with Crippen LogP contribution >= 0.6 is 0 Å². The van der Waals surface area contributed by atoms with Gasteiger partial charge in [0.1, 0.15) is 5.82 Å². The number of ketones is 1. The number of Topliss-reactive ketones (excluding diaryl/α,β-unsaturated/α-hetero) is 1. The van der Waals surface area contributed by atoms with Crippen LogP contribution in [0.15, 0.2) is 48.8 Å². The quantitative estimate of drug-likeness (QED) is 0.754. The summed E-state index contributed by atoms with van der Waals surface area (Å²) >= 11 is 0. The topological polar surface area (TPSA) is 30.0 Å². The second-order valence-electron chi connectivity index (χ2n) is 3.79. The van der Waals surface area contributed by atoms with Gasteiger partial charge in [-0.05, 0) is 48.4 Å². The van der Waals surface area contributed by atoms with Gasteiger partial charge in [0.15, 0.2) is 5.78 Å². The van der Waals surface area contributed by atoms with Crippen molar-refractivity contribution >= 4 is 5.78 Å². The Labute approximate surface area is 99.1 Å². The molecule has 0 N–H and O–H groups in total. The maximum atomic E-state index is 12.7. The number of benzene rings is 1. The molecule has 1 aromatic carbocycles. The Morgan fingerprint density at radius 3 is 2.35 bits per heavy atom. The fourth-order valence-electron chi connectivity index (χ4n) is 1.59. The second-order valence-corrected chi connectivity index (χ2v) is 3.79. The molecule has 1 aromatic heterocycles. The summed E-state index contributed by atoms with van der Waals surface area (Å²) in [6.07, 6.45) is 4.52. The van der Waals surface area contributed by atoms with Gasteiger partial charge in [0, 0.05) is 24.4 Å². The summed E-state index contributed by atoms with van der Waals surface area (Å²) in [5.74, 6) is -0.294. The van der Waals surface area contributed by atoms with Crippen molar-refractivity contribution < 1.29 is 9.18 Å². The predicted molar refractivity (Wildman–Crippen MR) is 63.3 cm³/mol. The van der Waals surface area contributed by atoms with Crippen LogP contribution in [0.25, 0.3) is 0 Å². The van der Waals surface area contributed by atoms with E-state index in [1.807, 2.05) is 12.1 Å². The average Bonchev–Trinajstić information content (AvgIpc) is 2.38. The Morgan fingerprint density at radius 2 is 1.71 bits per heavy atom. The minimum Gasteiger partial charge on any atom is -0.294 e. The lowest BCUT2D eigenvalue weighted by molar-refractivity contribution is 0.0983. The third-order valence-electron chi connectivity index (χ3n) is 2.56. The lowest BCUT2D eigenvalue weighted by Crippen LogP contribution is -2.01. The normalized spacial score (nSPS) is 10.2. The number of nitrogens with zero attached hydrogens (tertiary/aromatic N) is 1. The largest absolute Gasteiger partial charge is 0.294 e. The molecular weight excluding hydrogens is 217 g/mol. The van der Waals surface area contributed by atoms with E-state index < -0.39 is 0 Å². The van der Waals surface area contributed by atoms with Gasteiger partial charge in [-0.1, -0.05) is 0 Å². The molecule has 0 fully saturated rings. The number of carbonyl (C=O) groups is 1. The maximum Gasteiger partial charge on any atom is 0.163 e. The highest BCUT2D eigenvalue weighted by Gasteiger charge is 2.05. The molecule has 0 aliphatic carbocycles. The first-order chi connectivity index (χ1) is 8.25. The van der Waals surface area contributed by atoms with Gasteiger partial charge in [-0.15, -0.1) is 0 Å². The molecule has 17 heavy (non-hydrogen) atoms. The molecule has 86 valence electrons. The van der Waals surface area contributed by atoms with Gasteiger partial charge in [0.2, 0.25) is 0 Å². The summed E-state index contributed by atoms with van der Waals surface area (Å²) in [4.78, 5) is 15.7. The van der Waals surface area contributed by atoms with E-state index in [2.05, 4.69) is 4.98 Å². The van der Waals surface area contributed by atoms with Gasteiger partial charge >= 0.3 is 0 Å². The molecule has 2 rings (SSSR count). The van der Waals surface area contributed by atoms with Crippen LogP contribution in [0.5, 0.6) is 0 Å². The summed E-state index contributed by atoms with van der Waals surface area (Å²) in [6.45, 7) is 0. The molecule has 1 heterocycles. The van der Waals surface area contributed by atoms with Crippen molar-refractivity contribution in [2.75, 3.05) is 0 Å². The van der Waals surface area contributed by atoms with E-state index >= 15 is 0 Å². The summed E-state index contributed by atoms with van der Waals surface area (Å²) in [6, 6.07) is 9.42. The van der Waals surface area contributed by atoms with E-state index in [0.29, 0.717) is 18.4 Å². The summed E-state index contributed by atoms with van der Waals surface area (Å²) in [5, 5.41) is 0. The van der Waals surface area contributed by atoms with Crippen molar-refractivity contribution in [1.82, 2.24) is 4.98 Å². The number of aromatic nitrogens is 1. The third kappa shape index (κ3) is 3.21. The van der Waals surface area contributed by atoms with E-state index in [1.165, 1.54) is 24.3 Å². The molecule has 0 radical (unpaired) electrons. The minimum absolute atomic E-state index is 0.0295. The zero-order valence-electron chi connectivity index (χ0n) is 9.27. The first-order valence-corrected chi connectivity index (χ1v) is 5.43. The molecule has 2 nitrogen and oxygen atoms in total. The smallest absolute Gasteiger partial charge is 0.163 e. The van der Waals surface area contributed by atoms with E-state index in [0.717, 1.165) is 5.56 Å². The molecule has 0 spiro atoms. The number of halogens is 1. The lowest BCUT2D eigenvalue weighted by atomic mass is 10.0. The number of hydrogen-bond donors (Lipinski definition) is 0. The lowest BCUT2D eigenvalue weighted by Gasteiger charge is -2.01. The highest BCUT2D eigenvalue weighted by Crippen LogP contribution is 2.09. The van der Waals surface area contributed by atoms with Crippen LogP contribution < -0.4 is 0 Å². The van der Waals surface area contributed by atoms with Crippen molar-refractivity contribution in [3.05, 3.63) is 65.7 Å². The van der Waals surface area contributed by atoms with Crippen LogP contribution in [0.4, 0.5) is 4.39 Å². The first-order valence-electron chi connectivity index (χ1n) is 5.43. The average molecular weight is 229 g/mol. The number of carbonyl (C=O) groups excluding carboxylic acids is 1. The van der Waals surface area contributed by atoms with Crippen LogP contribution in [0.2, 0.25) is 0 Å². The molecule has 3 heteroatoms. The van der Waals surface area contributed by atoms with Gasteiger partial charge in [0.25, 0.3) is 0 Å². The summed E-state index contributed by atoms with van der Waals surface area (Å²) in [7, 11) is 0. The Balaban J connectivity index is 1.96. The highest BCUT2D eigenvalue weighted by molar-refractivity contribution is 5.96. The monoisotopic (exact) mass is 229 g/mol. The van der Waals surface area contributed by atoms with Crippen LogP contribution in [-0.4, -0.2) is 10.8 Å². The molecule has 2 aromatic rings. The van der Waals surface area contributed by atoms with Crippen molar-refractivity contribution in [1.29, 1.82) is 0 Å². The van der Waals surface area contributed by atoms with E-state index in [9.17, 15) is 9.18 Å².